The Morgan fingerprint density at radius 2 is 2.12 bits per heavy atom. The van der Waals surface area contributed by atoms with E-state index in [9.17, 15) is 24.7 Å². The highest BCUT2D eigenvalue weighted by Crippen LogP contribution is 2.40. The van der Waals surface area contributed by atoms with E-state index in [0.29, 0.717) is 11.3 Å². The summed E-state index contributed by atoms with van der Waals surface area (Å²) in [6, 6.07) is 2.71. The summed E-state index contributed by atoms with van der Waals surface area (Å²) >= 11 is 2.38. The fourth-order valence-corrected chi connectivity index (χ4v) is 5.27. The lowest BCUT2D eigenvalue weighted by Crippen LogP contribution is -2.71. The topological polar surface area (TPSA) is 171 Å². The molecule has 0 aromatic carbocycles. The number of pyridine rings is 1. The lowest BCUT2D eigenvalue weighted by Gasteiger charge is -2.49. The average Bonchev–Trinajstić information content (AvgIpc) is 3.26. The highest BCUT2D eigenvalue weighted by molar-refractivity contribution is 8.00. The number of amides is 2. The second kappa shape index (κ2) is 9.89. The Balaban J connectivity index is 1.48. The van der Waals surface area contributed by atoms with E-state index in [0.717, 1.165) is 21.8 Å². The number of carbonyl (C=O) groups is 3. The van der Waals surface area contributed by atoms with Gasteiger partial charge >= 0.3 is 5.97 Å². The molecule has 4 heterocycles. The molecule has 2 aromatic rings. The van der Waals surface area contributed by atoms with Gasteiger partial charge in [0, 0.05) is 23.5 Å². The highest BCUT2D eigenvalue weighted by atomic mass is 32.2. The number of aliphatic carboxylic acids is 1. The summed E-state index contributed by atoms with van der Waals surface area (Å²) in [6.45, 7) is 0. The largest absolute Gasteiger partial charge is 0.477 e. The van der Waals surface area contributed by atoms with Crippen molar-refractivity contribution in [3.63, 3.8) is 0 Å². The fraction of sp³-hybridized carbons (Fsp3) is 0.143. The van der Waals surface area contributed by atoms with Gasteiger partial charge in [-0.3, -0.25) is 19.5 Å². The summed E-state index contributed by atoms with van der Waals surface area (Å²) in [5, 5.41) is 25.5. The number of anilines is 1. The summed E-state index contributed by atoms with van der Waals surface area (Å²) in [5.74, 6) is -2.31. The number of thioether (sulfide) groups is 1. The van der Waals surface area contributed by atoms with Crippen LogP contribution in [0, 0.1) is 0 Å². The van der Waals surface area contributed by atoms with Crippen LogP contribution in [-0.2, 0) is 14.4 Å². The van der Waals surface area contributed by atoms with Gasteiger partial charge in [0.05, 0.1) is 0 Å². The van der Waals surface area contributed by atoms with E-state index < -0.39 is 34.9 Å². The molecule has 2 aliphatic heterocycles. The van der Waals surface area contributed by atoms with Crippen molar-refractivity contribution in [2.45, 2.75) is 11.4 Å². The van der Waals surface area contributed by atoms with E-state index in [1.165, 1.54) is 17.1 Å². The molecule has 11 nitrogen and oxygen atoms in total. The molecule has 0 spiro atoms. The SMILES string of the molecule is Nc1nc(/C(=N/O)C(=O)N[C@@H]2C(=O)N3C(C(=O)O)=C(/C=C/C=C/c4cccnc4)CS[C@H]23)cs1. The van der Waals surface area contributed by atoms with Gasteiger partial charge in [0.2, 0.25) is 0 Å². The summed E-state index contributed by atoms with van der Waals surface area (Å²) in [4.78, 5) is 46.4. The Kier molecular flexibility index (Phi) is 6.75. The van der Waals surface area contributed by atoms with Gasteiger partial charge in [0.1, 0.15) is 22.8 Å². The van der Waals surface area contributed by atoms with E-state index in [4.69, 9.17) is 5.73 Å². The first kappa shape index (κ1) is 23.2. The number of thiazole rings is 1. The van der Waals surface area contributed by atoms with Crippen LogP contribution in [-0.4, -0.2) is 65.8 Å². The van der Waals surface area contributed by atoms with E-state index in [1.807, 2.05) is 12.1 Å². The first-order valence-electron chi connectivity index (χ1n) is 9.81. The molecule has 1 saturated heterocycles. The summed E-state index contributed by atoms with van der Waals surface area (Å²) in [5.41, 5.74) is 6.46. The van der Waals surface area contributed by atoms with Gasteiger partial charge in [0.25, 0.3) is 11.8 Å². The number of hydrogen-bond acceptors (Lipinski definition) is 10. The Labute approximate surface area is 201 Å². The highest BCUT2D eigenvalue weighted by Gasteiger charge is 2.54. The van der Waals surface area contributed by atoms with Crippen molar-refractivity contribution >= 4 is 57.8 Å². The average molecular weight is 499 g/mol. The minimum Gasteiger partial charge on any atom is -0.477 e. The van der Waals surface area contributed by atoms with E-state index in [1.54, 1.807) is 36.7 Å². The van der Waals surface area contributed by atoms with Gasteiger partial charge in [-0.15, -0.1) is 23.1 Å². The first-order valence-corrected chi connectivity index (χ1v) is 11.7. The molecule has 2 atom stereocenters. The number of β-lactam (4-membered cyclic amide) rings is 1. The second-order valence-electron chi connectivity index (χ2n) is 7.06. The van der Waals surface area contributed by atoms with Crippen molar-refractivity contribution in [1.29, 1.82) is 0 Å². The maximum atomic E-state index is 12.8. The molecule has 2 aromatic heterocycles. The molecule has 2 amide bonds. The number of rotatable bonds is 7. The van der Waals surface area contributed by atoms with Gasteiger partial charge in [-0.2, -0.15) is 0 Å². The van der Waals surface area contributed by atoms with Crippen LogP contribution in [0.2, 0.25) is 0 Å². The number of fused-ring (bicyclic) bond motifs is 1. The van der Waals surface area contributed by atoms with Crippen molar-refractivity contribution in [1.82, 2.24) is 20.2 Å². The monoisotopic (exact) mass is 498 g/mol. The van der Waals surface area contributed by atoms with Gasteiger partial charge in [-0.25, -0.2) is 9.78 Å². The van der Waals surface area contributed by atoms with Crippen molar-refractivity contribution < 1.29 is 24.7 Å². The minimum absolute atomic E-state index is 0.0697. The number of oxime groups is 1. The molecule has 4 rings (SSSR count). The molecule has 0 aliphatic carbocycles. The number of nitrogens with one attached hydrogen (secondary N) is 1. The van der Waals surface area contributed by atoms with Crippen LogP contribution in [0.25, 0.3) is 6.08 Å². The van der Waals surface area contributed by atoms with Crippen LogP contribution in [0.3, 0.4) is 0 Å². The van der Waals surface area contributed by atoms with E-state index in [2.05, 4.69) is 20.4 Å². The van der Waals surface area contributed by atoms with Crippen molar-refractivity contribution in [3.05, 3.63) is 70.7 Å². The number of nitrogens with two attached hydrogens (primary N) is 1. The van der Waals surface area contributed by atoms with Crippen LogP contribution >= 0.6 is 23.1 Å². The molecule has 0 radical (unpaired) electrons. The minimum atomic E-state index is -1.24. The van der Waals surface area contributed by atoms with E-state index in [-0.39, 0.29) is 16.5 Å². The molecule has 0 saturated carbocycles. The van der Waals surface area contributed by atoms with Crippen LogP contribution in [0.15, 0.2) is 64.6 Å². The van der Waals surface area contributed by atoms with Crippen LogP contribution in [0.5, 0.6) is 0 Å². The smallest absolute Gasteiger partial charge is 0.352 e. The molecule has 174 valence electrons. The molecule has 0 unspecified atom stereocenters. The number of allylic oxidation sites excluding steroid dienone is 3. The molecule has 0 bridgehead atoms. The standard InChI is InChI=1S/C21H18N6O5S2/c22-21-24-13(10-34-21)14(26-32)17(28)25-15-18(29)27-16(20(30)31)12(9-33-19(15)27)6-2-1-4-11-5-3-7-23-8-11/h1-8,10,15,19,32H,9H2,(H2,22,24)(H,25,28)(H,30,31)/b4-1+,6-2+,26-14-/t15-,19-/m1/s1. The van der Waals surface area contributed by atoms with Crippen LogP contribution in [0.1, 0.15) is 11.3 Å². The zero-order valence-electron chi connectivity index (χ0n) is 17.4. The maximum absolute atomic E-state index is 12.8. The van der Waals surface area contributed by atoms with Crippen molar-refractivity contribution in [2.75, 3.05) is 11.5 Å². The first-order chi connectivity index (χ1) is 16.4. The molecule has 34 heavy (non-hydrogen) atoms. The number of hydrogen-bond donors (Lipinski definition) is 4. The fourth-order valence-electron chi connectivity index (χ4n) is 3.40. The normalized spacial score (nSPS) is 20.5. The van der Waals surface area contributed by atoms with Gasteiger partial charge < -0.3 is 21.4 Å². The number of nitrogens with zero attached hydrogens (tertiary/aromatic N) is 4. The zero-order valence-corrected chi connectivity index (χ0v) is 19.0. The van der Waals surface area contributed by atoms with Gasteiger partial charge in [0.15, 0.2) is 10.8 Å². The lowest BCUT2D eigenvalue weighted by molar-refractivity contribution is -0.150. The Bertz CT molecular complexity index is 1250. The Morgan fingerprint density at radius 3 is 2.76 bits per heavy atom. The van der Waals surface area contributed by atoms with Crippen molar-refractivity contribution in [2.24, 2.45) is 5.16 Å². The lowest BCUT2D eigenvalue weighted by atomic mass is 10.0. The number of nitrogen functional groups attached to an aromatic ring is 1. The Hall–Kier alpha value is -3.97. The molecular weight excluding hydrogens is 480 g/mol. The number of carbonyl (C=O) groups excluding carboxylic acids is 2. The third-order valence-corrected chi connectivity index (χ3v) is 6.92. The molecular formula is C21H18N6O5S2. The molecule has 5 N–H and O–H groups in total. The Morgan fingerprint density at radius 1 is 1.32 bits per heavy atom. The third kappa shape index (κ3) is 4.56. The van der Waals surface area contributed by atoms with Crippen molar-refractivity contribution in [3.8, 4) is 0 Å². The van der Waals surface area contributed by atoms with Crippen LogP contribution in [0.4, 0.5) is 5.13 Å². The quantitative estimate of drug-likeness (QED) is 0.144. The molecule has 1 fully saturated rings. The van der Waals surface area contributed by atoms with E-state index >= 15 is 0 Å². The van der Waals surface area contributed by atoms with Gasteiger partial charge in [-0.05, 0) is 17.2 Å². The second-order valence-corrected chi connectivity index (χ2v) is 9.06. The summed E-state index contributed by atoms with van der Waals surface area (Å²) < 4.78 is 0. The maximum Gasteiger partial charge on any atom is 0.352 e. The zero-order chi connectivity index (χ0) is 24.2. The number of carboxylic acid groups (broad SMARTS) is 1. The molecule has 13 heteroatoms. The number of carboxylic acids is 1. The predicted octanol–water partition coefficient (Wildman–Crippen LogP) is 1.31. The van der Waals surface area contributed by atoms with Crippen LogP contribution < -0.4 is 11.1 Å². The summed E-state index contributed by atoms with van der Waals surface area (Å²) in [7, 11) is 0. The predicted molar refractivity (Wildman–Crippen MR) is 127 cm³/mol. The third-order valence-electron chi connectivity index (χ3n) is 4.95. The van der Waals surface area contributed by atoms with Gasteiger partial charge in [-0.1, -0.05) is 35.5 Å². The number of aromatic nitrogens is 2. The molecule has 2 aliphatic rings. The summed E-state index contributed by atoms with van der Waals surface area (Å²) in [6.07, 6.45) is 10.3.